The van der Waals surface area contributed by atoms with Gasteiger partial charge < -0.3 is 9.15 Å². The van der Waals surface area contributed by atoms with Crippen molar-refractivity contribution < 1.29 is 18.7 Å². The number of halogens is 1. The third kappa shape index (κ3) is 3.97. The Hall–Kier alpha value is -2.73. The first-order chi connectivity index (χ1) is 11.6. The lowest BCUT2D eigenvalue weighted by Gasteiger charge is -2.01. The topological polar surface area (TPSA) is 69.4 Å². The van der Waals surface area contributed by atoms with E-state index in [1.807, 2.05) is 18.2 Å². The first-order valence-corrected chi connectivity index (χ1v) is 7.90. The smallest absolute Gasteiger partial charge is 0.331 e. The number of nitrogens with zero attached hydrogens (tertiary/aromatic N) is 1. The monoisotopic (exact) mass is 385 g/mol. The second-order valence-corrected chi connectivity index (χ2v) is 5.81. The van der Waals surface area contributed by atoms with Crippen LogP contribution in [0, 0.1) is 0 Å². The highest BCUT2D eigenvalue weighted by Crippen LogP contribution is 2.15. The molecule has 0 fully saturated rings. The summed E-state index contributed by atoms with van der Waals surface area (Å²) in [6, 6.07) is 14.1. The summed E-state index contributed by atoms with van der Waals surface area (Å²) < 4.78 is 11.2. The number of aromatic nitrogens is 1. The summed E-state index contributed by atoms with van der Waals surface area (Å²) in [6.45, 7) is -0.321. The number of Topliss-reactive ketones (excluding diaryl/α,β-unsaturated/α-hetero) is 1. The summed E-state index contributed by atoms with van der Waals surface area (Å²) in [7, 11) is 0. The molecule has 24 heavy (non-hydrogen) atoms. The van der Waals surface area contributed by atoms with Crippen LogP contribution in [0.4, 0.5) is 0 Å². The number of benzene rings is 2. The van der Waals surface area contributed by atoms with Gasteiger partial charge >= 0.3 is 5.97 Å². The molecule has 0 atom stereocenters. The maximum atomic E-state index is 11.9. The predicted octanol–water partition coefficient (Wildman–Crippen LogP) is 4.03. The molecule has 0 unspecified atom stereocenters. The zero-order valence-electron chi connectivity index (χ0n) is 12.4. The number of hydrogen-bond donors (Lipinski definition) is 0. The van der Waals surface area contributed by atoms with E-state index < -0.39 is 5.97 Å². The normalized spacial score (nSPS) is 11.0. The first kappa shape index (κ1) is 16.1. The third-order valence-electron chi connectivity index (χ3n) is 3.18. The van der Waals surface area contributed by atoms with Gasteiger partial charge in [-0.3, -0.25) is 4.79 Å². The van der Waals surface area contributed by atoms with Crippen LogP contribution in [0.25, 0.3) is 17.2 Å². The summed E-state index contributed by atoms with van der Waals surface area (Å²) in [4.78, 5) is 27.8. The lowest BCUT2D eigenvalue weighted by atomic mass is 10.1. The summed E-state index contributed by atoms with van der Waals surface area (Å²) >= 11 is 3.29. The minimum atomic E-state index is -0.636. The molecule has 1 aromatic heterocycles. The number of hydrogen-bond acceptors (Lipinski definition) is 5. The van der Waals surface area contributed by atoms with Gasteiger partial charge in [0.2, 0.25) is 5.89 Å². The number of ether oxygens (including phenoxy) is 1. The molecule has 3 rings (SSSR count). The maximum Gasteiger partial charge on any atom is 0.331 e. The second-order valence-electron chi connectivity index (χ2n) is 4.89. The molecule has 0 spiro atoms. The number of para-hydroxylation sites is 2. The Kier molecular flexibility index (Phi) is 4.86. The van der Waals surface area contributed by atoms with Crippen LogP contribution in [-0.2, 0) is 9.53 Å². The molecule has 1 heterocycles. The summed E-state index contributed by atoms with van der Waals surface area (Å²) in [6.07, 6.45) is 2.59. The van der Waals surface area contributed by atoms with Crippen molar-refractivity contribution in [3.63, 3.8) is 0 Å². The molecular formula is C18H12BrNO4. The minimum absolute atomic E-state index is 0.272. The van der Waals surface area contributed by atoms with Crippen LogP contribution in [0.3, 0.4) is 0 Å². The maximum absolute atomic E-state index is 11.9. The van der Waals surface area contributed by atoms with Gasteiger partial charge in [0, 0.05) is 22.2 Å². The number of rotatable bonds is 5. The van der Waals surface area contributed by atoms with E-state index in [1.54, 1.807) is 30.3 Å². The van der Waals surface area contributed by atoms with Gasteiger partial charge in [0.1, 0.15) is 5.52 Å². The average Bonchev–Trinajstić information content (AvgIpc) is 3.01. The van der Waals surface area contributed by atoms with E-state index in [2.05, 4.69) is 20.9 Å². The molecule has 0 N–H and O–H groups in total. The van der Waals surface area contributed by atoms with E-state index in [4.69, 9.17) is 9.15 Å². The van der Waals surface area contributed by atoms with Crippen molar-refractivity contribution in [3.05, 3.63) is 70.5 Å². The molecule has 0 aliphatic heterocycles. The Morgan fingerprint density at radius 2 is 1.88 bits per heavy atom. The zero-order valence-corrected chi connectivity index (χ0v) is 14.0. The number of fused-ring (bicyclic) bond motifs is 1. The van der Waals surface area contributed by atoms with E-state index in [0.717, 1.165) is 4.47 Å². The predicted molar refractivity (Wildman–Crippen MR) is 92.5 cm³/mol. The molecule has 0 radical (unpaired) electrons. The Labute approximate surface area is 146 Å². The van der Waals surface area contributed by atoms with Crippen LogP contribution in [0.5, 0.6) is 0 Å². The number of ketones is 1. The van der Waals surface area contributed by atoms with Crippen molar-refractivity contribution in [2.24, 2.45) is 0 Å². The summed E-state index contributed by atoms with van der Waals surface area (Å²) in [5.74, 6) is -0.610. The molecule has 120 valence electrons. The Bertz CT molecular complexity index is 879. The Morgan fingerprint density at radius 1 is 1.12 bits per heavy atom. The van der Waals surface area contributed by atoms with Crippen LogP contribution in [0.1, 0.15) is 16.2 Å². The van der Waals surface area contributed by atoms with E-state index in [-0.39, 0.29) is 12.4 Å². The van der Waals surface area contributed by atoms with Crippen molar-refractivity contribution in [2.75, 3.05) is 6.61 Å². The fourth-order valence-electron chi connectivity index (χ4n) is 2.00. The number of oxazole rings is 1. The molecule has 0 bridgehead atoms. The quantitative estimate of drug-likeness (QED) is 0.376. The van der Waals surface area contributed by atoms with Crippen LogP contribution in [-0.4, -0.2) is 23.3 Å². The molecule has 3 aromatic rings. The fourth-order valence-corrected chi connectivity index (χ4v) is 2.27. The van der Waals surface area contributed by atoms with Crippen LogP contribution in [0.2, 0.25) is 0 Å². The van der Waals surface area contributed by atoms with Gasteiger partial charge in [-0.15, -0.1) is 0 Å². The van der Waals surface area contributed by atoms with Crippen molar-refractivity contribution in [3.8, 4) is 0 Å². The fraction of sp³-hybridized carbons (Fsp3) is 0.0556. The molecule has 0 aliphatic rings. The standard InChI is InChI=1S/C18H12BrNO4/c19-13-7-5-12(6-8-13)15(21)11-23-18(22)10-9-17-20-14-3-1-2-4-16(14)24-17/h1-10H,11H2/b10-9+. The van der Waals surface area contributed by atoms with Gasteiger partial charge in [-0.05, 0) is 24.3 Å². The largest absolute Gasteiger partial charge is 0.454 e. The van der Waals surface area contributed by atoms with Crippen molar-refractivity contribution in [1.82, 2.24) is 4.98 Å². The highest BCUT2D eigenvalue weighted by atomic mass is 79.9. The van der Waals surface area contributed by atoms with Crippen LogP contribution in [0.15, 0.2) is 63.5 Å². The van der Waals surface area contributed by atoms with Crippen molar-refractivity contribution >= 4 is 44.9 Å². The number of carbonyl (C=O) groups is 2. The lowest BCUT2D eigenvalue weighted by Crippen LogP contribution is -2.12. The van der Waals surface area contributed by atoms with E-state index >= 15 is 0 Å². The van der Waals surface area contributed by atoms with Gasteiger partial charge in [0.15, 0.2) is 18.0 Å². The zero-order chi connectivity index (χ0) is 16.9. The molecule has 0 amide bonds. The Balaban J connectivity index is 1.57. The van der Waals surface area contributed by atoms with Gasteiger partial charge in [0.05, 0.1) is 0 Å². The van der Waals surface area contributed by atoms with Gasteiger partial charge in [-0.1, -0.05) is 40.2 Å². The van der Waals surface area contributed by atoms with Gasteiger partial charge in [-0.25, -0.2) is 9.78 Å². The average molecular weight is 386 g/mol. The van der Waals surface area contributed by atoms with Crippen molar-refractivity contribution in [2.45, 2.75) is 0 Å². The molecule has 2 aromatic carbocycles. The highest BCUT2D eigenvalue weighted by Gasteiger charge is 2.09. The molecule has 6 heteroatoms. The van der Waals surface area contributed by atoms with E-state index in [1.165, 1.54) is 12.2 Å². The SMILES string of the molecule is O=C(/C=C/c1nc2ccccc2o1)OCC(=O)c1ccc(Br)cc1. The molecule has 0 saturated heterocycles. The van der Waals surface area contributed by atoms with E-state index in [0.29, 0.717) is 22.6 Å². The first-order valence-electron chi connectivity index (χ1n) is 7.11. The molecule has 5 nitrogen and oxygen atoms in total. The van der Waals surface area contributed by atoms with E-state index in [9.17, 15) is 9.59 Å². The number of esters is 1. The van der Waals surface area contributed by atoms with Crippen LogP contribution < -0.4 is 0 Å². The lowest BCUT2D eigenvalue weighted by molar-refractivity contribution is -0.136. The summed E-state index contributed by atoms with van der Waals surface area (Å²) in [5, 5.41) is 0. The molecule has 0 aliphatic carbocycles. The molecular weight excluding hydrogens is 374 g/mol. The summed E-state index contributed by atoms with van der Waals surface area (Å²) in [5.41, 5.74) is 1.82. The second kappa shape index (κ2) is 7.23. The van der Waals surface area contributed by atoms with Gasteiger partial charge in [0.25, 0.3) is 0 Å². The van der Waals surface area contributed by atoms with Gasteiger partial charge in [-0.2, -0.15) is 0 Å². The highest BCUT2D eigenvalue weighted by molar-refractivity contribution is 9.10. The Morgan fingerprint density at radius 3 is 2.62 bits per heavy atom. The van der Waals surface area contributed by atoms with Crippen molar-refractivity contribution in [1.29, 1.82) is 0 Å². The van der Waals surface area contributed by atoms with Crippen LogP contribution >= 0.6 is 15.9 Å². The minimum Gasteiger partial charge on any atom is -0.454 e. The third-order valence-corrected chi connectivity index (χ3v) is 3.71. The number of carbonyl (C=O) groups excluding carboxylic acids is 2. The molecule has 0 saturated carbocycles.